The van der Waals surface area contributed by atoms with Crippen molar-refractivity contribution in [3.63, 3.8) is 0 Å². The lowest BCUT2D eigenvalue weighted by Gasteiger charge is -2.28. The van der Waals surface area contributed by atoms with Gasteiger partial charge in [-0.15, -0.1) is 0 Å². The van der Waals surface area contributed by atoms with Crippen molar-refractivity contribution >= 4 is 18.9 Å². The Hall–Kier alpha value is -3.04. The summed E-state index contributed by atoms with van der Waals surface area (Å²) in [4.78, 5) is 26.6. The third-order valence-corrected chi connectivity index (χ3v) is 6.64. The van der Waals surface area contributed by atoms with E-state index in [0.717, 1.165) is 22.4 Å². The predicted octanol–water partition coefficient (Wildman–Crippen LogP) is 2.08. The molecule has 2 amide bonds. The van der Waals surface area contributed by atoms with Crippen molar-refractivity contribution in [1.82, 2.24) is 10.6 Å². The molecule has 2 aromatic carbocycles. The summed E-state index contributed by atoms with van der Waals surface area (Å²) in [5, 5.41) is 25.2. The molecule has 2 unspecified atom stereocenters. The molecule has 0 aromatic heterocycles. The van der Waals surface area contributed by atoms with Crippen LogP contribution in [-0.4, -0.2) is 55.2 Å². The summed E-state index contributed by atoms with van der Waals surface area (Å²) in [6.07, 6.45) is 2.52. The Morgan fingerprint density at radius 2 is 1.81 bits per heavy atom. The maximum Gasteiger partial charge on any atom is 0.475 e. The van der Waals surface area contributed by atoms with Gasteiger partial charge in [0.1, 0.15) is 17.5 Å². The second-order valence-electron chi connectivity index (χ2n) is 9.82. The zero-order valence-corrected chi connectivity index (χ0v) is 21.5. The Morgan fingerprint density at radius 1 is 1.08 bits per heavy atom. The van der Waals surface area contributed by atoms with Crippen molar-refractivity contribution in [2.24, 2.45) is 11.8 Å². The fourth-order valence-electron chi connectivity index (χ4n) is 4.75. The van der Waals surface area contributed by atoms with Gasteiger partial charge in [-0.05, 0) is 54.4 Å². The van der Waals surface area contributed by atoms with Crippen LogP contribution in [0.15, 0.2) is 42.5 Å². The van der Waals surface area contributed by atoms with Crippen LogP contribution in [0.3, 0.4) is 0 Å². The minimum absolute atomic E-state index is 0.149. The molecule has 4 N–H and O–H groups in total. The van der Waals surface area contributed by atoms with E-state index in [1.165, 1.54) is 0 Å². The second-order valence-corrected chi connectivity index (χ2v) is 9.82. The number of fused-ring (bicyclic) bond motifs is 1. The van der Waals surface area contributed by atoms with E-state index in [2.05, 4.69) is 10.6 Å². The minimum atomic E-state index is -1.69. The summed E-state index contributed by atoms with van der Waals surface area (Å²) < 4.78 is 10.9. The zero-order valence-electron chi connectivity index (χ0n) is 21.5. The summed E-state index contributed by atoms with van der Waals surface area (Å²) in [6.45, 7) is 3.88. The number of ether oxygens (including phenoxy) is 2. The van der Waals surface area contributed by atoms with Crippen molar-refractivity contribution in [2.45, 2.75) is 57.9 Å². The molecular formula is C27H37BN2O6. The van der Waals surface area contributed by atoms with E-state index in [0.29, 0.717) is 37.9 Å². The SMILES string of the molecule is COc1cc2c(c(OC)c1)CCC(C(=O)N[C@@H](Cc1ccccc1)C(=O)NC(CC(C)C)B(O)O)C2. The lowest BCUT2D eigenvalue weighted by Crippen LogP contribution is -2.55. The maximum atomic E-state index is 13.4. The Morgan fingerprint density at radius 3 is 2.42 bits per heavy atom. The van der Waals surface area contributed by atoms with Crippen molar-refractivity contribution in [3.8, 4) is 11.5 Å². The molecule has 194 valence electrons. The van der Waals surface area contributed by atoms with Crippen LogP contribution < -0.4 is 20.1 Å². The number of hydrogen-bond acceptors (Lipinski definition) is 6. The van der Waals surface area contributed by atoms with Crippen LogP contribution in [0.4, 0.5) is 0 Å². The molecule has 36 heavy (non-hydrogen) atoms. The third kappa shape index (κ3) is 7.24. The van der Waals surface area contributed by atoms with Gasteiger partial charge in [0, 0.05) is 18.4 Å². The Bertz CT molecular complexity index is 1030. The molecule has 0 heterocycles. The number of hydrogen-bond donors (Lipinski definition) is 4. The highest BCUT2D eigenvalue weighted by Crippen LogP contribution is 2.36. The first-order chi connectivity index (χ1) is 17.2. The van der Waals surface area contributed by atoms with Gasteiger partial charge in [-0.3, -0.25) is 9.59 Å². The van der Waals surface area contributed by atoms with E-state index < -0.39 is 25.0 Å². The first-order valence-corrected chi connectivity index (χ1v) is 12.5. The molecule has 9 heteroatoms. The summed E-state index contributed by atoms with van der Waals surface area (Å²) in [5.74, 6) is -0.205. The van der Waals surface area contributed by atoms with E-state index in [4.69, 9.17) is 9.47 Å². The van der Waals surface area contributed by atoms with Gasteiger partial charge < -0.3 is 30.2 Å². The van der Waals surface area contributed by atoms with Crippen LogP contribution in [-0.2, 0) is 28.9 Å². The van der Waals surface area contributed by atoms with Crippen LogP contribution in [0.1, 0.15) is 43.4 Å². The Balaban J connectivity index is 1.77. The first kappa shape index (κ1) is 27.6. The zero-order chi connectivity index (χ0) is 26.2. The topological polar surface area (TPSA) is 117 Å². The van der Waals surface area contributed by atoms with E-state index in [1.54, 1.807) is 14.2 Å². The first-order valence-electron chi connectivity index (χ1n) is 12.5. The number of amides is 2. The van der Waals surface area contributed by atoms with Crippen molar-refractivity contribution < 1.29 is 29.1 Å². The third-order valence-electron chi connectivity index (χ3n) is 6.64. The number of carbonyl (C=O) groups is 2. The minimum Gasteiger partial charge on any atom is -0.497 e. The molecule has 1 aliphatic rings. The van der Waals surface area contributed by atoms with E-state index in [1.807, 2.05) is 56.3 Å². The van der Waals surface area contributed by atoms with Crippen LogP contribution in [0, 0.1) is 11.8 Å². The largest absolute Gasteiger partial charge is 0.497 e. The predicted molar refractivity (Wildman–Crippen MR) is 139 cm³/mol. The van der Waals surface area contributed by atoms with E-state index in [9.17, 15) is 19.6 Å². The molecule has 3 rings (SSSR count). The van der Waals surface area contributed by atoms with E-state index in [-0.39, 0.29) is 17.7 Å². The molecule has 0 spiro atoms. The van der Waals surface area contributed by atoms with Crippen LogP contribution in [0.5, 0.6) is 11.5 Å². The fourth-order valence-corrected chi connectivity index (χ4v) is 4.75. The Labute approximate surface area is 213 Å². The molecule has 0 fully saturated rings. The number of benzene rings is 2. The molecule has 8 nitrogen and oxygen atoms in total. The standard InChI is InChI=1S/C27H37BN2O6/c1-17(2)12-25(28(33)34)30-27(32)23(13-18-8-6-5-7-9-18)29-26(31)19-10-11-22-20(14-19)15-21(35-3)16-24(22)36-4/h5-9,15-17,19,23,25,33-34H,10-14H2,1-4H3,(H,29,31)(H,30,32)/t19?,23-,25?/m0/s1. The van der Waals surface area contributed by atoms with Gasteiger partial charge in [-0.25, -0.2) is 0 Å². The molecule has 0 saturated heterocycles. The number of carbonyl (C=O) groups excluding carboxylic acids is 2. The van der Waals surface area contributed by atoms with E-state index >= 15 is 0 Å². The van der Waals surface area contributed by atoms with Gasteiger partial charge in [-0.2, -0.15) is 0 Å². The summed E-state index contributed by atoms with van der Waals surface area (Å²) >= 11 is 0. The van der Waals surface area contributed by atoms with Crippen LogP contribution >= 0.6 is 0 Å². The number of methoxy groups -OCH3 is 2. The molecule has 0 bridgehead atoms. The summed E-state index contributed by atoms with van der Waals surface area (Å²) in [5.41, 5.74) is 2.97. The normalized spacial score (nSPS) is 16.5. The lowest BCUT2D eigenvalue weighted by molar-refractivity contribution is -0.131. The smallest absolute Gasteiger partial charge is 0.475 e. The quantitative estimate of drug-likeness (QED) is 0.354. The van der Waals surface area contributed by atoms with Crippen LogP contribution in [0.25, 0.3) is 0 Å². The van der Waals surface area contributed by atoms with Gasteiger partial charge in [0.2, 0.25) is 11.8 Å². The average Bonchev–Trinajstić information content (AvgIpc) is 2.86. The molecule has 0 aliphatic heterocycles. The van der Waals surface area contributed by atoms with Gasteiger partial charge in [0.15, 0.2) is 0 Å². The van der Waals surface area contributed by atoms with Gasteiger partial charge >= 0.3 is 7.12 Å². The second kappa shape index (κ2) is 12.8. The number of nitrogens with one attached hydrogen (secondary N) is 2. The highest BCUT2D eigenvalue weighted by molar-refractivity contribution is 6.43. The van der Waals surface area contributed by atoms with Gasteiger partial charge in [0.25, 0.3) is 0 Å². The Kier molecular flexibility index (Phi) is 9.78. The summed E-state index contributed by atoms with van der Waals surface area (Å²) in [6, 6.07) is 12.4. The highest BCUT2D eigenvalue weighted by Gasteiger charge is 2.33. The highest BCUT2D eigenvalue weighted by atomic mass is 16.5. The molecule has 2 aromatic rings. The lowest BCUT2D eigenvalue weighted by atomic mass is 9.75. The molecule has 0 radical (unpaired) electrons. The number of rotatable bonds is 11. The van der Waals surface area contributed by atoms with Crippen molar-refractivity contribution in [2.75, 3.05) is 14.2 Å². The van der Waals surface area contributed by atoms with Crippen molar-refractivity contribution in [3.05, 3.63) is 59.2 Å². The van der Waals surface area contributed by atoms with Crippen LogP contribution in [0.2, 0.25) is 0 Å². The summed E-state index contributed by atoms with van der Waals surface area (Å²) in [7, 11) is 1.53. The van der Waals surface area contributed by atoms with Crippen molar-refractivity contribution in [1.29, 1.82) is 0 Å². The molecule has 1 aliphatic carbocycles. The molecule has 3 atom stereocenters. The fraction of sp³-hybridized carbons (Fsp3) is 0.481. The molecule has 0 saturated carbocycles. The van der Waals surface area contributed by atoms with Gasteiger partial charge in [-0.1, -0.05) is 44.2 Å². The monoisotopic (exact) mass is 496 g/mol. The average molecular weight is 496 g/mol. The molecular weight excluding hydrogens is 459 g/mol. The van der Waals surface area contributed by atoms with Gasteiger partial charge in [0.05, 0.1) is 20.2 Å². The maximum absolute atomic E-state index is 13.4.